The Morgan fingerprint density at radius 2 is 1.22 bits per heavy atom. The Bertz CT molecular complexity index is 393. The van der Waals surface area contributed by atoms with E-state index in [1.165, 1.54) is 0 Å². The SMILES string of the molecule is N#CCCCCCSC(CCCCC#N)C(S)CCCCC#N. The summed E-state index contributed by atoms with van der Waals surface area (Å²) in [5.41, 5.74) is 0. The van der Waals surface area contributed by atoms with Gasteiger partial charge in [-0.05, 0) is 44.3 Å². The molecule has 5 heteroatoms. The van der Waals surface area contributed by atoms with Gasteiger partial charge in [0, 0.05) is 29.8 Å². The third-order valence-electron chi connectivity index (χ3n) is 3.76. The number of nitriles is 3. The van der Waals surface area contributed by atoms with Gasteiger partial charge < -0.3 is 0 Å². The molecule has 2 atom stereocenters. The first-order valence-corrected chi connectivity index (χ1v) is 10.2. The molecule has 23 heavy (non-hydrogen) atoms. The van der Waals surface area contributed by atoms with E-state index >= 15 is 0 Å². The van der Waals surface area contributed by atoms with E-state index in [9.17, 15) is 0 Å². The summed E-state index contributed by atoms with van der Waals surface area (Å²) in [6.07, 6.45) is 11.5. The van der Waals surface area contributed by atoms with Crippen molar-refractivity contribution in [3.8, 4) is 18.2 Å². The van der Waals surface area contributed by atoms with Gasteiger partial charge in [0.2, 0.25) is 0 Å². The lowest BCUT2D eigenvalue weighted by Crippen LogP contribution is -2.18. The number of unbranched alkanes of at least 4 members (excludes halogenated alkanes) is 7. The second-order valence-electron chi connectivity index (χ2n) is 5.75. The van der Waals surface area contributed by atoms with Gasteiger partial charge in [-0.1, -0.05) is 19.3 Å². The Balaban J connectivity index is 4.03. The zero-order chi connectivity index (χ0) is 17.2. The molecule has 0 heterocycles. The third kappa shape index (κ3) is 14.5. The van der Waals surface area contributed by atoms with Crippen LogP contribution in [0.5, 0.6) is 0 Å². The van der Waals surface area contributed by atoms with Crippen LogP contribution in [0.4, 0.5) is 0 Å². The number of thioether (sulfide) groups is 1. The van der Waals surface area contributed by atoms with E-state index in [0.29, 0.717) is 29.8 Å². The van der Waals surface area contributed by atoms with Crippen molar-refractivity contribution in [3.63, 3.8) is 0 Å². The second-order valence-corrected chi connectivity index (χ2v) is 7.76. The molecule has 0 saturated heterocycles. The average Bonchev–Trinajstić information content (AvgIpc) is 2.56. The molecule has 0 rings (SSSR count). The monoisotopic (exact) mass is 351 g/mol. The highest BCUT2D eigenvalue weighted by molar-refractivity contribution is 8.00. The Morgan fingerprint density at radius 1 is 0.696 bits per heavy atom. The van der Waals surface area contributed by atoms with E-state index in [0.717, 1.165) is 63.5 Å². The molecule has 0 aliphatic rings. The van der Waals surface area contributed by atoms with Crippen molar-refractivity contribution < 1.29 is 0 Å². The van der Waals surface area contributed by atoms with Gasteiger partial charge in [0.25, 0.3) is 0 Å². The normalized spacial score (nSPS) is 12.8. The van der Waals surface area contributed by atoms with Crippen molar-refractivity contribution in [2.24, 2.45) is 0 Å². The highest BCUT2D eigenvalue weighted by atomic mass is 32.2. The van der Waals surface area contributed by atoms with Gasteiger partial charge >= 0.3 is 0 Å². The minimum absolute atomic E-state index is 0.375. The molecule has 2 unspecified atom stereocenters. The molecule has 0 radical (unpaired) electrons. The topological polar surface area (TPSA) is 71.4 Å². The number of hydrogen-bond donors (Lipinski definition) is 1. The van der Waals surface area contributed by atoms with Crippen molar-refractivity contribution in [2.45, 2.75) is 87.5 Å². The molecule has 0 amide bonds. The zero-order valence-corrected chi connectivity index (χ0v) is 15.8. The van der Waals surface area contributed by atoms with E-state index in [2.05, 4.69) is 18.2 Å². The number of hydrogen-bond acceptors (Lipinski definition) is 5. The fourth-order valence-electron chi connectivity index (χ4n) is 2.40. The van der Waals surface area contributed by atoms with E-state index in [1.54, 1.807) is 0 Å². The summed E-state index contributed by atoms with van der Waals surface area (Å²) in [6, 6.07) is 6.59. The van der Waals surface area contributed by atoms with Crippen LogP contribution >= 0.6 is 24.4 Å². The van der Waals surface area contributed by atoms with Crippen molar-refractivity contribution in [2.75, 3.05) is 5.75 Å². The summed E-state index contributed by atoms with van der Waals surface area (Å²) in [6.45, 7) is 0. The first kappa shape index (κ1) is 22.2. The lowest BCUT2D eigenvalue weighted by atomic mass is 10.1. The van der Waals surface area contributed by atoms with Crippen LogP contribution in [0.3, 0.4) is 0 Å². The number of nitrogens with zero attached hydrogens (tertiary/aromatic N) is 3. The van der Waals surface area contributed by atoms with E-state index in [1.807, 2.05) is 11.8 Å². The second kappa shape index (κ2) is 17.5. The first-order valence-electron chi connectivity index (χ1n) is 8.66. The summed E-state index contributed by atoms with van der Waals surface area (Å²) in [5, 5.41) is 26.7. The molecule has 3 nitrogen and oxygen atoms in total. The molecule has 128 valence electrons. The number of thiol groups is 1. The van der Waals surface area contributed by atoms with Crippen LogP contribution in [0.25, 0.3) is 0 Å². The Hall–Kier alpha value is -0.830. The maximum atomic E-state index is 8.63. The minimum Gasteiger partial charge on any atom is -0.198 e. The van der Waals surface area contributed by atoms with Gasteiger partial charge in [-0.3, -0.25) is 0 Å². The van der Waals surface area contributed by atoms with Gasteiger partial charge in [0.1, 0.15) is 0 Å². The fraction of sp³-hybridized carbons (Fsp3) is 0.833. The summed E-state index contributed by atoms with van der Waals surface area (Å²) in [4.78, 5) is 0. The van der Waals surface area contributed by atoms with Gasteiger partial charge in [-0.2, -0.15) is 40.2 Å². The van der Waals surface area contributed by atoms with Crippen LogP contribution in [0, 0.1) is 34.0 Å². The summed E-state index contributed by atoms with van der Waals surface area (Å²) < 4.78 is 0. The summed E-state index contributed by atoms with van der Waals surface area (Å²) in [5.74, 6) is 1.13. The summed E-state index contributed by atoms with van der Waals surface area (Å²) in [7, 11) is 0. The van der Waals surface area contributed by atoms with Crippen LogP contribution in [0.15, 0.2) is 0 Å². The quantitative estimate of drug-likeness (QED) is 0.306. The van der Waals surface area contributed by atoms with E-state index in [4.69, 9.17) is 28.4 Å². The highest BCUT2D eigenvalue weighted by Gasteiger charge is 2.17. The molecule has 0 saturated carbocycles. The highest BCUT2D eigenvalue weighted by Crippen LogP contribution is 2.28. The van der Waals surface area contributed by atoms with Crippen LogP contribution in [-0.2, 0) is 0 Å². The van der Waals surface area contributed by atoms with E-state index < -0.39 is 0 Å². The molecule has 0 aliphatic carbocycles. The predicted octanol–water partition coefficient (Wildman–Crippen LogP) is 5.64. The number of rotatable bonds is 15. The van der Waals surface area contributed by atoms with Crippen LogP contribution in [0.2, 0.25) is 0 Å². The molecule has 0 aliphatic heterocycles. The van der Waals surface area contributed by atoms with Crippen molar-refractivity contribution in [3.05, 3.63) is 0 Å². The molecule has 0 bridgehead atoms. The molecule has 0 spiro atoms. The van der Waals surface area contributed by atoms with Gasteiger partial charge in [-0.15, -0.1) is 0 Å². The smallest absolute Gasteiger partial charge is 0.0621 e. The van der Waals surface area contributed by atoms with Crippen molar-refractivity contribution in [1.29, 1.82) is 15.8 Å². The Labute approximate surface area is 151 Å². The largest absolute Gasteiger partial charge is 0.198 e. The summed E-state index contributed by atoms with van der Waals surface area (Å²) >= 11 is 6.80. The van der Waals surface area contributed by atoms with Crippen LogP contribution in [-0.4, -0.2) is 16.3 Å². The molecular weight excluding hydrogens is 322 g/mol. The minimum atomic E-state index is 0.375. The van der Waals surface area contributed by atoms with E-state index in [-0.39, 0.29) is 0 Å². The standard InChI is InChI=1S/C18H29N3S2/c19-13-7-1-2-10-16-23-18(12-6-4-9-15-21)17(22)11-5-3-8-14-20/h17-18,22H,1-12,16H2. The van der Waals surface area contributed by atoms with Gasteiger partial charge in [0.05, 0.1) is 18.2 Å². The first-order chi connectivity index (χ1) is 11.3. The lowest BCUT2D eigenvalue weighted by molar-refractivity contribution is 0.596. The molecule has 0 aromatic carbocycles. The maximum Gasteiger partial charge on any atom is 0.0621 e. The zero-order valence-electron chi connectivity index (χ0n) is 14.0. The molecule has 0 aromatic rings. The Morgan fingerprint density at radius 3 is 1.78 bits per heavy atom. The molecule has 0 fully saturated rings. The van der Waals surface area contributed by atoms with Gasteiger partial charge in [-0.25, -0.2) is 0 Å². The molecular formula is C18H29N3S2. The van der Waals surface area contributed by atoms with Gasteiger partial charge in [0.15, 0.2) is 0 Å². The fourth-order valence-corrected chi connectivity index (χ4v) is 4.35. The third-order valence-corrected chi connectivity index (χ3v) is 6.10. The molecule has 0 aromatic heterocycles. The van der Waals surface area contributed by atoms with Crippen molar-refractivity contribution >= 4 is 24.4 Å². The van der Waals surface area contributed by atoms with Crippen LogP contribution in [0.1, 0.15) is 77.0 Å². The Kier molecular flexibility index (Phi) is 16.9. The molecule has 0 N–H and O–H groups in total. The van der Waals surface area contributed by atoms with Crippen molar-refractivity contribution in [1.82, 2.24) is 0 Å². The predicted molar refractivity (Wildman–Crippen MR) is 101 cm³/mol. The maximum absolute atomic E-state index is 8.63. The average molecular weight is 352 g/mol. The van der Waals surface area contributed by atoms with Crippen LogP contribution < -0.4 is 0 Å². The lowest BCUT2D eigenvalue weighted by Gasteiger charge is -2.23.